The van der Waals surface area contributed by atoms with Crippen LogP contribution in [-0.2, 0) is 0 Å². The minimum atomic E-state index is -0.192. The third kappa shape index (κ3) is 4.29. The highest BCUT2D eigenvalue weighted by atomic mass is 16.2. The van der Waals surface area contributed by atoms with Crippen LogP contribution in [-0.4, -0.2) is 18.4 Å². The first-order valence-corrected chi connectivity index (χ1v) is 9.35. The lowest BCUT2D eigenvalue weighted by atomic mass is 10.1. The number of benzene rings is 3. The fourth-order valence-corrected chi connectivity index (χ4v) is 3.04. The van der Waals surface area contributed by atoms with Crippen LogP contribution in [0.25, 0.3) is 0 Å². The number of hydrogen-bond acceptors (Lipinski definition) is 2. The minimum Gasteiger partial charge on any atom is -0.322 e. The molecule has 0 aliphatic heterocycles. The summed E-state index contributed by atoms with van der Waals surface area (Å²) in [4.78, 5) is 27.1. The Morgan fingerprint density at radius 1 is 0.857 bits per heavy atom. The Hall–Kier alpha value is -3.40. The first-order chi connectivity index (χ1) is 13.5. The molecule has 0 saturated carbocycles. The summed E-state index contributed by atoms with van der Waals surface area (Å²) in [5.74, 6) is -0.279. The van der Waals surface area contributed by atoms with Gasteiger partial charge < -0.3 is 10.2 Å². The van der Waals surface area contributed by atoms with E-state index in [1.54, 1.807) is 29.2 Å². The molecule has 2 amide bonds. The summed E-state index contributed by atoms with van der Waals surface area (Å²) in [6, 6.07) is 22.3. The van der Waals surface area contributed by atoms with Crippen molar-refractivity contribution in [2.45, 2.75) is 20.8 Å². The topological polar surface area (TPSA) is 49.4 Å². The van der Waals surface area contributed by atoms with Crippen molar-refractivity contribution in [2.24, 2.45) is 0 Å². The van der Waals surface area contributed by atoms with Gasteiger partial charge in [-0.3, -0.25) is 9.59 Å². The summed E-state index contributed by atoms with van der Waals surface area (Å²) >= 11 is 0. The van der Waals surface area contributed by atoms with Gasteiger partial charge in [0.1, 0.15) is 0 Å². The number of carbonyl (C=O) groups excluding carboxylic acids is 2. The Kier molecular flexibility index (Phi) is 5.90. The maximum absolute atomic E-state index is 12.9. The van der Waals surface area contributed by atoms with Gasteiger partial charge in [0, 0.05) is 29.0 Å². The molecule has 4 nitrogen and oxygen atoms in total. The molecule has 0 aliphatic carbocycles. The van der Waals surface area contributed by atoms with E-state index in [-0.39, 0.29) is 11.8 Å². The predicted octanol–water partition coefficient (Wildman–Crippen LogP) is 5.22. The number of nitrogens with one attached hydrogen (secondary N) is 1. The van der Waals surface area contributed by atoms with E-state index in [9.17, 15) is 9.59 Å². The van der Waals surface area contributed by atoms with Crippen molar-refractivity contribution in [3.05, 3.63) is 95.1 Å². The number of hydrogen-bond donors (Lipinski definition) is 1. The highest BCUT2D eigenvalue weighted by molar-refractivity contribution is 6.08. The van der Waals surface area contributed by atoms with E-state index in [0.29, 0.717) is 17.7 Å². The second-order valence-electron chi connectivity index (χ2n) is 6.73. The third-order valence-corrected chi connectivity index (χ3v) is 4.66. The van der Waals surface area contributed by atoms with E-state index in [4.69, 9.17) is 0 Å². The Morgan fingerprint density at radius 3 is 2.14 bits per heavy atom. The van der Waals surface area contributed by atoms with Crippen molar-refractivity contribution in [2.75, 3.05) is 16.8 Å². The lowest BCUT2D eigenvalue weighted by Gasteiger charge is -2.21. The second kappa shape index (κ2) is 8.53. The normalized spacial score (nSPS) is 10.4. The smallest absolute Gasteiger partial charge is 0.258 e. The van der Waals surface area contributed by atoms with Gasteiger partial charge >= 0.3 is 0 Å². The van der Waals surface area contributed by atoms with Crippen LogP contribution in [0.15, 0.2) is 72.8 Å². The minimum absolute atomic E-state index is 0.0878. The molecule has 0 bridgehead atoms. The number of carbonyl (C=O) groups is 2. The fourth-order valence-electron chi connectivity index (χ4n) is 3.04. The first kappa shape index (κ1) is 19.4. The van der Waals surface area contributed by atoms with Gasteiger partial charge in [-0.1, -0.05) is 30.3 Å². The molecule has 28 heavy (non-hydrogen) atoms. The standard InChI is InChI=1S/C24H24N2O2/c1-4-26(21-8-6-5-7-9-21)24(28)20-14-12-19(13-15-20)23(27)25-22-16-17(2)10-11-18(22)3/h5-16H,4H2,1-3H3,(H,25,27). The molecule has 0 aromatic heterocycles. The molecule has 0 heterocycles. The van der Waals surface area contributed by atoms with Crippen LogP contribution < -0.4 is 10.2 Å². The summed E-state index contributed by atoms with van der Waals surface area (Å²) in [5.41, 5.74) is 4.81. The lowest BCUT2D eigenvalue weighted by Crippen LogP contribution is -2.30. The Labute approximate surface area is 165 Å². The highest BCUT2D eigenvalue weighted by Crippen LogP contribution is 2.19. The van der Waals surface area contributed by atoms with Crippen LogP contribution in [0.2, 0.25) is 0 Å². The van der Waals surface area contributed by atoms with Crippen LogP contribution in [0.5, 0.6) is 0 Å². The fraction of sp³-hybridized carbons (Fsp3) is 0.167. The average Bonchev–Trinajstić information content (AvgIpc) is 2.72. The number of aryl methyl sites for hydroxylation is 2. The molecule has 0 spiro atoms. The third-order valence-electron chi connectivity index (χ3n) is 4.66. The van der Waals surface area contributed by atoms with Gasteiger partial charge in [-0.2, -0.15) is 0 Å². The molecular formula is C24H24N2O2. The van der Waals surface area contributed by atoms with Crippen LogP contribution in [0, 0.1) is 13.8 Å². The number of rotatable bonds is 5. The van der Waals surface area contributed by atoms with Gasteiger partial charge in [0.05, 0.1) is 0 Å². The zero-order valence-electron chi connectivity index (χ0n) is 16.4. The molecule has 0 fully saturated rings. The summed E-state index contributed by atoms with van der Waals surface area (Å²) in [6.45, 7) is 6.45. The van der Waals surface area contributed by atoms with Crippen LogP contribution in [0.3, 0.4) is 0 Å². The summed E-state index contributed by atoms with van der Waals surface area (Å²) in [7, 11) is 0. The Morgan fingerprint density at radius 2 is 1.50 bits per heavy atom. The quantitative estimate of drug-likeness (QED) is 0.667. The van der Waals surface area contributed by atoms with E-state index in [1.165, 1.54) is 0 Å². The van der Waals surface area contributed by atoms with Crippen LogP contribution in [0.1, 0.15) is 38.8 Å². The molecule has 0 aliphatic rings. The lowest BCUT2D eigenvalue weighted by molar-refractivity contribution is 0.0985. The summed E-state index contributed by atoms with van der Waals surface area (Å²) in [5, 5.41) is 2.94. The van der Waals surface area contributed by atoms with Gasteiger partial charge in [0.2, 0.25) is 0 Å². The molecule has 0 unspecified atom stereocenters. The molecule has 142 valence electrons. The van der Waals surface area contributed by atoms with Gasteiger partial charge in [-0.05, 0) is 74.4 Å². The van der Waals surface area contributed by atoms with Gasteiger partial charge in [-0.25, -0.2) is 0 Å². The van der Waals surface area contributed by atoms with E-state index in [2.05, 4.69) is 5.32 Å². The SMILES string of the molecule is CCN(C(=O)c1ccc(C(=O)Nc2cc(C)ccc2C)cc1)c1ccccc1. The van der Waals surface area contributed by atoms with Gasteiger partial charge in [-0.15, -0.1) is 0 Å². The molecule has 0 atom stereocenters. The molecule has 3 aromatic carbocycles. The summed E-state index contributed by atoms with van der Waals surface area (Å²) in [6.07, 6.45) is 0. The Bertz CT molecular complexity index is 979. The van der Waals surface area contributed by atoms with Crippen molar-refractivity contribution >= 4 is 23.2 Å². The molecule has 0 radical (unpaired) electrons. The zero-order chi connectivity index (χ0) is 20.1. The molecule has 4 heteroatoms. The average molecular weight is 372 g/mol. The van der Waals surface area contributed by atoms with Gasteiger partial charge in [0.25, 0.3) is 11.8 Å². The molecule has 1 N–H and O–H groups in total. The highest BCUT2D eigenvalue weighted by Gasteiger charge is 2.16. The number of amides is 2. The second-order valence-corrected chi connectivity index (χ2v) is 6.73. The molecular weight excluding hydrogens is 348 g/mol. The number of nitrogens with zero attached hydrogens (tertiary/aromatic N) is 1. The largest absolute Gasteiger partial charge is 0.322 e. The van der Waals surface area contributed by atoms with Crippen molar-refractivity contribution in [3.8, 4) is 0 Å². The maximum Gasteiger partial charge on any atom is 0.258 e. The number of anilines is 2. The predicted molar refractivity (Wildman–Crippen MR) is 114 cm³/mol. The first-order valence-electron chi connectivity index (χ1n) is 9.35. The van der Waals surface area contributed by atoms with Crippen molar-refractivity contribution < 1.29 is 9.59 Å². The summed E-state index contributed by atoms with van der Waals surface area (Å²) < 4.78 is 0. The zero-order valence-corrected chi connectivity index (χ0v) is 16.4. The number of para-hydroxylation sites is 1. The van der Waals surface area contributed by atoms with E-state index >= 15 is 0 Å². The van der Waals surface area contributed by atoms with Crippen molar-refractivity contribution in [1.82, 2.24) is 0 Å². The molecule has 3 aromatic rings. The molecule has 3 rings (SSSR count). The van der Waals surface area contributed by atoms with E-state index in [1.807, 2.05) is 69.3 Å². The van der Waals surface area contributed by atoms with E-state index < -0.39 is 0 Å². The van der Waals surface area contributed by atoms with Crippen molar-refractivity contribution in [3.63, 3.8) is 0 Å². The maximum atomic E-state index is 12.9. The monoisotopic (exact) mass is 372 g/mol. The van der Waals surface area contributed by atoms with Crippen LogP contribution in [0.4, 0.5) is 11.4 Å². The van der Waals surface area contributed by atoms with Crippen molar-refractivity contribution in [1.29, 1.82) is 0 Å². The van der Waals surface area contributed by atoms with Crippen LogP contribution >= 0.6 is 0 Å². The Balaban J connectivity index is 1.76. The molecule has 0 saturated heterocycles. The van der Waals surface area contributed by atoms with Gasteiger partial charge in [0.15, 0.2) is 0 Å². The van der Waals surface area contributed by atoms with E-state index in [0.717, 1.165) is 22.5 Å².